The Bertz CT molecular complexity index is 587. The van der Waals surface area contributed by atoms with Crippen molar-refractivity contribution >= 4 is 17.2 Å². The molecule has 0 unspecified atom stereocenters. The van der Waals surface area contributed by atoms with Crippen LogP contribution in [0, 0.1) is 12.8 Å². The second-order valence-corrected chi connectivity index (χ2v) is 7.99. The average molecular weight is 351 g/mol. The van der Waals surface area contributed by atoms with Gasteiger partial charge in [-0.15, -0.1) is 11.3 Å². The lowest BCUT2D eigenvalue weighted by Gasteiger charge is -2.33. The Balaban J connectivity index is 1.32. The number of nitrogens with zero attached hydrogens (tertiary/aromatic N) is 3. The van der Waals surface area contributed by atoms with Gasteiger partial charge in [-0.3, -0.25) is 14.5 Å². The summed E-state index contributed by atoms with van der Waals surface area (Å²) in [7, 11) is 0. The lowest BCUT2D eigenvalue weighted by molar-refractivity contribution is -0.206. The summed E-state index contributed by atoms with van der Waals surface area (Å²) < 4.78 is 6.12. The van der Waals surface area contributed by atoms with Crippen LogP contribution in [0.3, 0.4) is 0 Å². The molecule has 0 radical (unpaired) electrons. The molecule has 0 aliphatic carbocycles. The van der Waals surface area contributed by atoms with Gasteiger partial charge in [0.2, 0.25) is 0 Å². The molecule has 1 aromatic rings. The van der Waals surface area contributed by atoms with Crippen LogP contribution < -0.4 is 0 Å². The summed E-state index contributed by atoms with van der Waals surface area (Å²) in [4.78, 5) is 25.0. The largest absolute Gasteiger partial charge is 0.363 e. The SMILES string of the molecule is Cc1csc(CN2CC[C@@H]3C[C@H](C(=O)N4CCCCO4)O[C@H]3C2)n1. The Morgan fingerprint density at radius 2 is 2.33 bits per heavy atom. The van der Waals surface area contributed by atoms with Crippen molar-refractivity contribution < 1.29 is 14.4 Å². The maximum Gasteiger partial charge on any atom is 0.275 e. The zero-order chi connectivity index (χ0) is 16.5. The monoisotopic (exact) mass is 351 g/mol. The highest BCUT2D eigenvalue weighted by molar-refractivity contribution is 7.09. The molecular weight excluding hydrogens is 326 g/mol. The Morgan fingerprint density at radius 1 is 1.42 bits per heavy atom. The number of aryl methyl sites for hydroxylation is 1. The van der Waals surface area contributed by atoms with Crippen molar-refractivity contribution in [3.63, 3.8) is 0 Å². The van der Waals surface area contributed by atoms with Crippen molar-refractivity contribution in [2.24, 2.45) is 5.92 Å². The maximum atomic E-state index is 12.6. The van der Waals surface area contributed by atoms with Gasteiger partial charge in [0, 0.05) is 24.2 Å². The van der Waals surface area contributed by atoms with E-state index in [2.05, 4.69) is 15.3 Å². The van der Waals surface area contributed by atoms with Crippen molar-refractivity contribution in [3.8, 4) is 0 Å². The molecule has 0 N–H and O–H groups in total. The molecule has 3 aliphatic heterocycles. The van der Waals surface area contributed by atoms with Crippen LogP contribution in [-0.2, 0) is 20.9 Å². The molecule has 1 amide bonds. The summed E-state index contributed by atoms with van der Waals surface area (Å²) in [6, 6.07) is 0. The fourth-order valence-electron chi connectivity index (χ4n) is 3.89. The fraction of sp³-hybridized carbons (Fsp3) is 0.765. The van der Waals surface area contributed by atoms with E-state index in [4.69, 9.17) is 9.57 Å². The van der Waals surface area contributed by atoms with Gasteiger partial charge >= 0.3 is 0 Å². The van der Waals surface area contributed by atoms with E-state index in [9.17, 15) is 4.79 Å². The van der Waals surface area contributed by atoms with E-state index >= 15 is 0 Å². The molecule has 1 aromatic heterocycles. The number of hydrogen-bond acceptors (Lipinski definition) is 6. The third kappa shape index (κ3) is 3.49. The number of piperidine rings is 1. The molecular formula is C17H25N3O3S. The summed E-state index contributed by atoms with van der Waals surface area (Å²) in [5, 5.41) is 4.79. The van der Waals surface area contributed by atoms with E-state index < -0.39 is 0 Å². The summed E-state index contributed by atoms with van der Waals surface area (Å²) in [5.41, 5.74) is 1.09. The van der Waals surface area contributed by atoms with Crippen molar-refractivity contribution in [2.75, 3.05) is 26.2 Å². The number of thiazole rings is 1. The van der Waals surface area contributed by atoms with Gasteiger partial charge in [0.05, 0.1) is 19.3 Å². The molecule has 0 spiro atoms. The second kappa shape index (κ2) is 7.07. The number of ether oxygens (including phenoxy) is 1. The van der Waals surface area contributed by atoms with Crippen LogP contribution in [0.25, 0.3) is 0 Å². The Hall–Kier alpha value is -1.02. The molecule has 6 nitrogen and oxygen atoms in total. The summed E-state index contributed by atoms with van der Waals surface area (Å²) in [6.07, 6.45) is 3.84. The van der Waals surface area contributed by atoms with Crippen molar-refractivity contribution in [1.82, 2.24) is 14.9 Å². The molecule has 3 fully saturated rings. The highest BCUT2D eigenvalue weighted by Gasteiger charge is 2.43. The molecule has 4 rings (SSSR count). The third-order valence-electron chi connectivity index (χ3n) is 5.19. The van der Waals surface area contributed by atoms with Crippen LogP contribution in [-0.4, -0.2) is 59.3 Å². The third-order valence-corrected chi connectivity index (χ3v) is 6.14. The molecule has 0 saturated carbocycles. The first-order valence-electron chi connectivity index (χ1n) is 8.92. The van der Waals surface area contributed by atoms with E-state index in [1.165, 1.54) is 10.1 Å². The topological polar surface area (TPSA) is 54.9 Å². The zero-order valence-electron chi connectivity index (χ0n) is 14.1. The zero-order valence-corrected chi connectivity index (χ0v) is 15.0. The van der Waals surface area contributed by atoms with Crippen molar-refractivity contribution in [2.45, 2.75) is 51.4 Å². The van der Waals surface area contributed by atoms with Gasteiger partial charge in [-0.05, 0) is 45.1 Å². The quantitative estimate of drug-likeness (QED) is 0.834. The molecule has 3 aliphatic rings. The van der Waals surface area contributed by atoms with E-state index in [-0.39, 0.29) is 18.1 Å². The number of fused-ring (bicyclic) bond motifs is 1. The predicted molar refractivity (Wildman–Crippen MR) is 90.4 cm³/mol. The number of amides is 1. The minimum Gasteiger partial charge on any atom is -0.363 e. The first kappa shape index (κ1) is 16.4. The van der Waals surface area contributed by atoms with E-state index in [1.807, 2.05) is 6.92 Å². The number of hydroxylamine groups is 2. The first-order valence-corrected chi connectivity index (χ1v) is 9.80. The maximum absolute atomic E-state index is 12.6. The van der Waals surface area contributed by atoms with Gasteiger partial charge in [0.1, 0.15) is 11.1 Å². The van der Waals surface area contributed by atoms with Crippen molar-refractivity contribution in [1.29, 1.82) is 0 Å². The lowest BCUT2D eigenvalue weighted by atomic mass is 9.91. The fourth-order valence-corrected chi connectivity index (χ4v) is 4.71. The Morgan fingerprint density at radius 3 is 3.08 bits per heavy atom. The van der Waals surface area contributed by atoms with Crippen molar-refractivity contribution in [3.05, 3.63) is 16.1 Å². The van der Waals surface area contributed by atoms with Crippen LogP contribution in [0.4, 0.5) is 0 Å². The molecule has 0 bridgehead atoms. The number of likely N-dealkylation sites (tertiary alicyclic amines) is 1. The summed E-state index contributed by atoms with van der Waals surface area (Å²) >= 11 is 1.72. The van der Waals surface area contributed by atoms with Crippen LogP contribution in [0.2, 0.25) is 0 Å². The Labute approximate surface area is 146 Å². The molecule has 3 saturated heterocycles. The number of hydrogen-bond donors (Lipinski definition) is 0. The van der Waals surface area contributed by atoms with Gasteiger partial charge in [0.15, 0.2) is 0 Å². The summed E-state index contributed by atoms with van der Waals surface area (Å²) in [5.74, 6) is 0.518. The van der Waals surface area contributed by atoms with E-state index in [0.717, 1.165) is 51.0 Å². The molecule has 0 aromatic carbocycles. The smallest absolute Gasteiger partial charge is 0.275 e. The number of aromatic nitrogens is 1. The van der Waals surface area contributed by atoms with Gasteiger partial charge in [-0.25, -0.2) is 10.0 Å². The second-order valence-electron chi connectivity index (χ2n) is 7.05. The average Bonchev–Trinajstić information content (AvgIpc) is 3.20. The number of carbonyl (C=O) groups excluding carboxylic acids is 1. The standard InChI is InChI=1S/C17H25N3O3S/c1-12-11-24-16(18-12)10-19-6-4-13-8-14(23-15(13)9-19)17(21)20-5-2-3-7-22-20/h11,13-15H,2-10H2,1H3/t13-,14-,15+/m1/s1. The number of rotatable bonds is 3. The van der Waals surface area contributed by atoms with Gasteiger partial charge in [-0.1, -0.05) is 0 Å². The van der Waals surface area contributed by atoms with E-state index in [1.54, 1.807) is 11.3 Å². The van der Waals surface area contributed by atoms with Crippen LogP contribution in [0.15, 0.2) is 5.38 Å². The van der Waals surface area contributed by atoms with Crippen LogP contribution in [0.5, 0.6) is 0 Å². The summed E-state index contributed by atoms with van der Waals surface area (Å²) in [6.45, 7) is 6.22. The van der Waals surface area contributed by atoms with Gasteiger partial charge in [0.25, 0.3) is 5.91 Å². The normalized spacial score (nSPS) is 31.2. The molecule has 3 atom stereocenters. The van der Waals surface area contributed by atoms with E-state index in [0.29, 0.717) is 19.1 Å². The molecule has 7 heteroatoms. The molecule has 132 valence electrons. The molecule has 24 heavy (non-hydrogen) atoms. The first-order chi connectivity index (χ1) is 11.7. The molecule has 4 heterocycles. The van der Waals surface area contributed by atoms with Crippen LogP contribution in [0.1, 0.15) is 36.4 Å². The highest BCUT2D eigenvalue weighted by Crippen LogP contribution is 2.34. The number of carbonyl (C=O) groups is 1. The Kier molecular flexibility index (Phi) is 4.85. The minimum absolute atomic E-state index is 0.0196. The minimum atomic E-state index is -0.319. The van der Waals surface area contributed by atoms with Gasteiger partial charge < -0.3 is 4.74 Å². The lowest BCUT2D eigenvalue weighted by Crippen LogP contribution is -2.43. The highest BCUT2D eigenvalue weighted by atomic mass is 32.1. The van der Waals surface area contributed by atoms with Crippen LogP contribution >= 0.6 is 11.3 Å². The van der Waals surface area contributed by atoms with Gasteiger partial charge in [-0.2, -0.15) is 0 Å². The predicted octanol–water partition coefficient (Wildman–Crippen LogP) is 1.98.